The molecule has 20 heavy (non-hydrogen) atoms. The summed E-state index contributed by atoms with van der Waals surface area (Å²) < 4.78 is 26.5. The van der Waals surface area contributed by atoms with Gasteiger partial charge in [0.1, 0.15) is 5.82 Å². The molecule has 0 unspecified atom stereocenters. The van der Waals surface area contributed by atoms with Crippen molar-refractivity contribution in [3.05, 3.63) is 69.3 Å². The van der Waals surface area contributed by atoms with Crippen LogP contribution in [0.4, 0.5) is 20.2 Å². The van der Waals surface area contributed by atoms with Gasteiger partial charge in [0.2, 0.25) is 5.82 Å². The largest absolute Gasteiger partial charge is 0.381 e. The van der Waals surface area contributed by atoms with E-state index in [4.69, 9.17) is 0 Å². The molecule has 104 valence electrons. The zero-order valence-electron chi connectivity index (χ0n) is 10.7. The summed E-state index contributed by atoms with van der Waals surface area (Å²) in [5, 5.41) is 13.4. The van der Waals surface area contributed by atoms with Gasteiger partial charge >= 0.3 is 5.69 Å². The van der Waals surface area contributed by atoms with Gasteiger partial charge < -0.3 is 5.32 Å². The smallest absolute Gasteiger partial charge is 0.304 e. The van der Waals surface area contributed by atoms with Gasteiger partial charge in [-0.15, -0.1) is 0 Å². The second-order valence-corrected chi connectivity index (χ2v) is 4.35. The van der Waals surface area contributed by atoms with Crippen molar-refractivity contribution in [3.8, 4) is 0 Å². The van der Waals surface area contributed by atoms with Gasteiger partial charge in [-0.25, -0.2) is 4.39 Å². The quantitative estimate of drug-likeness (QED) is 0.683. The number of anilines is 1. The molecule has 6 heteroatoms. The molecule has 4 nitrogen and oxygen atoms in total. The van der Waals surface area contributed by atoms with Crippen LogP contribution in [0.5, 0.6) is 0 Å². The van der Waals surface area contributed by atoms with Crippen LogP contribution < -0.4 is 5.32 Å². The number of nitrogens with one attached hydrogen (secondary N) is 1. The van der Waals surface area contributed by atoms with E-state index < -0.39 is 16.4 Å². The minimum Gasteiger partial charge on any atom is -0.381 e. The predicted octanol–water partition coefficient (Wildman–Crippen LogP) is 3.79. The van der Waals surface area contributed by atoms with Crippen molar-refractivity contribution in [2.24, 2.45) is 0 Å². The van der Waals surface area contributed by atoms with E-state index in [1.54, 1.807) is 6.07 Å². The van der Waals surface area contributed by atoms with Crippen LogP contribution in [0.3, 0.4) is 0 Å². The first-order valence-corrected chi connectivity index (χ1v) is 5.90. The number of hydrogen-bond donors (Lipinski definition) is 1. The molecule has 0 aliphatic carbocycles. The van der Waals surface area contributed by atoms with E-state index in [1.807, 2.05) is 6.92 Å². The van der Waals surface area contributed by atoms with Gasteiger partial charge in [0, 0.05) is 24.4 Å². The van der Waals surface area contributed by atoms with Gasteiger partial charge in [-0.05, 0) is 36.2 Å². The summed E-state index contributed by atoms with van der Waals surface area (Å²) >= 11 is 0. The molecule has 0 saturated heterocycles. The summed E-state index contributed by atoms with van der Waals surface area (Å²) in [6.07, 6.45) is 0. The lowest BCUT2D eigenvalue weighted by atomic mass is 10.1. The zero-order valence-corrected chi connectivity index (χ0v) is 10.7. The van der Waals surface area contributed by atoms with Crippen LogP contribution in [-0.4, -0.2) is 4.92 Å². The third-order valence-electron chi connectivity index (χ3n) is 2.94. The molecule has 0 atom stereocenters. The molecule has 0 aliphatic rings. The number of rotatable bonds is 4. The number of halogens is 2. The fourth-order valence-electron chi connectivity index (χ4n) is 1.79. The summed E-state index contributed by atoms with van der Waals surface area (Å²) in [6, 6.07) is 7.97. The molecule has 0 aromatic heterocycles. The second kappa shape index (κ2) is 5.64. The predicted molar refractivity (Wildman–Crippen MR) is 71.5 cm³/mol. The van der Waals surface area contributed by atoms with Crippen molar-refractivity contribution >= 4 is 11.4 Å². The standard InChI is InChI=1S/C14H12F2N2O2/c1-9-2-3-11(15)6-10(9)8-17-12-4-5-14(18(19)20)13(16)7-12/h2-7,17H,8H2,1H3. The molecular formula is C14H12F2N2O2. The third-order valence-corrected chi connectivity index (χ3v) is 2.94. The number of nitro groups is 1. The van der Waals surface area contributed by atoms with E-state index in [-0.39, 0.29) is 5.82 Å². The van der Waals surface area contributed by atoms with Crippen LogP contribution in [-0.2, 0) is 6.54 Å². The highest BCUT2D eigenvalue weighted by Gasteiger charge is 2.13. The molecule has 0 aliphatic heterocycles. The topological polar surface area (TPSA) is 55.2 Å². The highest BCUT2D eigenvalue weighted by Crippen LogP contribution is 2.21. The molecule has 2 aromatic rings. The Kier molecular flexibility index (Phi) is 3.93. The van der Waals surface area contributed by atoms with Crippen molar-refractivity contribution in [2.45, 2.75) is 13.5 Å². The molecule has 0 spiro atoms. The van der Waals surface area contributed by atoms with Crippen LogP contribution in [0.1, 0.15) is 11.1 Å². The van der Waals surface area contributed by atoms with E-state index in [1.165, 1.54) is 18.2 Å². The van der Waals surface area contributed by atoms with Crippen molar-refractivity contribution in [2.75, 3.05) is 5.32 Å². The molecule has 0 heterocycles. The summed E-state index contributed by atoms with van der Waals surface area (Å²) in [4.78, 5) is 9.72. The molecule has 0 bridgehead atoms. The van der Waals surface area contributed by atoms with Gasteiger partial charge in [0.05, 0.1) is 4.92 Å². The van der Waals surface area contributed by atoms with Crippen LogP contribution in [0.15, 0.2) is 36.4 Å². The first-order valence-electron chi connectivity index (χ1n) is 5.90. The first-order chi connectivity index (χ1) is 9.47. The van der Waals surface area contributed by atoms with Crippen LogP contribution >= 0.6 is 0 Å². The molecular weight excluding hydrogens is 266 g/mol. The summed E-state index contributed by atoms with van der Waals surface area (Å²) in [6.45, 7) is 2.15. The number of nitrogens with zero attached hydrogens (tertiary/aromatic N) is 1. The van der Waals surface area contributed by atoms with Gasteiger partial charge in [-0.3, -0.25) is 10.1 Å². The lowest BCUT2D eigenvalue weighted by Gasteiger charge is -2.09. The van der Waals surface area contributed by atoms with Gasteiger partial charge in [-0.2, -0.15) is 4.39 Å². The van der Waals surface area contributed by atoms with Crippen molar-refractivity contribution in [3.63, 3.8) is 0 Å². The maximum atomic E-state index is 13.4. The first kappa shape index (κ1) is 13.9. The molecule has 0 radical (unpaired) electrons. The van der Waals surface area contributed by atoms with Crippen LogP contribution in [0, 0.1) is 28.7 Å². The Hall–Kier alpha value is -2.50. The lowest BCUT2D eigenvalue weighted by molar-refractivity contribution is -0.387. The van der Waals surface area contributed by atoms with Crippen LogP contribution in [0.25, 0.3) is 0 Å². The minimum atomic E-state index is -0.907. The average molecular weight is 278 g/mol. The summed E-state index contributed by atoms with van der Waals surface area (Å²) in [7, 11) is 0. The van der Waals surface area contributed by atoms with E-state index in [0.29, 0.717) is 12.2 Å². The highest BCUT2D eigenvalue weighted by atomic mass is 19.1. The van der Waals surface area contributed by atoms with Crippen molar-refractivity contribution in [1.82, 2.24) is 0 Å². The molecule has 0 saturated carbocycles. The third kappa shape index (κ3) is 3.09. The maximum Gasteiger partial charge on any atom is 0.304 e. The normalized spacial score (nSPS) is 10.3. The number of hydrogen-bond acceptors (Lipinski definition) is 3. The fourth-order valence-corrected chi connectivity index (χ4v) is 1.79. The number of benzene rings is 2. The fraction of sp³-hybridized carbons (Fsp3) is 0.143. The van der Waals surface area contributed by atoms with Gasteiger partial charge in [0.15, 0.2) is 0 Å². The molecule has 0 amide bonds. The molecule has 2 rings (SSSR count). The Labute approximate surface area is 114 Å². The Morgan fingerprint density at radius 3 is 2.60 bits per heavy atom. The van der Waals surface area contributed by atoms with Crippen LogP contribution in [0.2, 0.25) is 0 Å². The highest BCUT2D eigenvalue weighted by molar-refractivity contribution is 5.50. The summed E-state index contributed by atoms with van der Waals surface area (Å²) in [5.41, 5.74) is 1.47. The van der Waals surface area contributed by atoms with E-state index in [0.717, 1.165) is 23.3 Å². The van der Waals surface area contributed by atoms with E-state index >= 15 is 0 Å². The molecule has 1 N–H and O–H groups in total. The Balaban J connectivity index is 2.13. The second-order valence-electron chi connectivity index (χ2n) is 4.35. The summed E-state index contributed by atoms with van der Waals surface area (Å²) in [5.74, 6) is -1.25. The van der Waals surface area contributed by atoms with Gasteiger partial charge in [-0.1, -0.05) is 6.07 Å². The Bertz CT molecular complexity index is 660. The van der Waals surface area contributed by atoms with Crippen molar-refractivity contribution in [1.29, 1.82) is 0 Å². The zero-order chi connectivity index (χ0) is 14.7. The Morgan fingerprint density at radius 2 is 1.95 bits per heavy atom. The van der Waals surface area contributed by atoms with Crippen molar-refractivity contribution < 1.29 is 13.7 Å². The van der Waals surface area contributed by atoms with E-state index in [9.17, 15) is 18.9 Å². The lowest BCUT2D eigenvalue weighted by Crippen LogP contribution is -2.03. The maximum absolute atomic E-state index is 13.4. The monoisotopic (exact) mass is 278 g/mol. The SMILES string of the molecule is Cc1ccc(F)cc1CNc1ccc([N+](=O)[O-])c(F)c1. The molecule has 2 aromatic carbocycles. The molecule has 0 fully saturated rings. The van der Waals surface area contributed by atoms with E-state index in [2.05, 4.69) is 5.32 Å². The number of aryl methyl sites for hydroxylation is 1. The minimum absolute atomic E-state index is 0.306. The van der Waals surface area contributed by atoms with Gasteiger partial charge in [0.25, 0.3) is 0 Å². The number of nitro benzene ring substituents is 1. The average Bonchev–Trinajstić information content (AvgIpc) is 2.39. The Morgan fingerprint density at radius 1 is 1.20 bits per heavy atom.